The Morgan fingerprint density at radius 3 is 2.57 bits per heavy atom. The maximum atomic E-state index is 12.5. The molecule has 0 aromatic heterocycles. The standard InChI is InChI=1S/C19H23N7O2/c20-18(21)11-1-3-12(4-2-11)19(27)22-14-6-8-16-13(9-14)5-7-15(28-16)10-17-23-25-26-24-17/h1-4,6,8-9,15,17,23-26H,5,7,10H2,(H3,20,21)(H,22,27). The molecule has 0 spiro atoms. The zero-order valence-corrected chi connectivity index (χ0v) is 15.2. The minimum absolute atomic E-state index is 0.0213. The van der Waals surface area contributed by atoms with Gasteiger partial charge in [0, 0.05) is 23.2 Å². The number of ether oxygens (including phenoxy) is 1. The molecule has 0 radical (unpaired) electrons. The molecule has 2 aliphatic rings. The van der Waals surface area contributed by atoms with Crippen molar-refractivity contribution < 1.29 is 9.53 Å². The number of nitrogen functional groups attached to an aromatic ring is 1. The van der Waals surface area contributed by atoms with Crippen LogP contribution in [0.1, 0.15) is 34.3 Å². The van der Waals surface area contributed by atoms with Crippen molar-refractivity contribution in [1.29, 1.82) is 5.41 Å². The van der Waals surface area contributed by atoms with E-state index in [1.807, 2.05) is 18.2 Å². The molecule has 2 aliphatic heterocycles. The molecule has 0 aliphatic carbocycles. The summed E-state index contributed by atoms with van der Waals surface area (Å²) in [6.07, 6.45) is 2.87. The predicted octanol–water partition coefficient (Wildman–Crippen LogP) is 0.750. The summed E-state index contributed by atoms with van der Waals surface area (Å²) < 4.78 is 6.09. The monoisotopic (exact) mass is 381 g/mol. The highest BCUT2D eigenvalue weighted by atomic mass is 16.5. The number of carbonyl (C=O) groups is 1. The summed E-state index contributed by atoms with van der Waals surface area (Å²) in [4.78, 5) is 12.5. The number of hydrazine groups is 3. The van der Waals surface area contributed by atoms with Gasteiger partial charge < -0.3 is 15.8 Å². The first kappa shape index (κ1) is 18.4. The van der Waals surface area contributed by atoms with Crippen LogP contribution >= 0.6 is 0 Å². The van der Waals surface area contributed by atoms with Gasteiger partial charge in [-0.3, -0.25) is 10.2 Å². The third-order valence-corrected chi connectivity index (χ3v) is 4.86. The van der Waals surface area contributed by atoms with Crippen molar-refractivity contribution in [3.8, 4) is 5.75 Å². The van der Waals surface area contributed by atoms with Crippen molar-refractivity contribution in [2.24, 2.45) is 5.73 Å². The van der Waals surface area contributed by atoms with Crippen molar-refractivity contribution >= 4 is 17.4 Å². The number of hydrogen-bond acceptors (Lipinski definition) is 7. The molecule has 9 nitrogen and oxygen atoms in total. The molecule has 1 amide bonds. The topological polar surface area (TPSA) is 136 Å². The highest BCUT2D eigenvalue weighted by molar-refractivity contribution is 6.05. The van der Waals surface area contributed by atoms with Gasteiger partial charge in [-0.2, -0.15) is 11.1 Å². The lowest BCUT2D eigenvalue weighted by atomic mass is 9.99. The quantitative estimate of drug-likeness (QED) is 0.300. The van der Waals surface area contributed by atoms with E-state index in [1.165, 1.54) is 0 Å². The van der Waals surface area contributed by atoms with Crippen LogP contribution in [-0.4, -0.2) is 24.0 Å². The minimum atomic E-state index is -0.206. The van der Waals surface area contributed by atoms with Gasteiger partial charge in [0.15, 0.2) is 0 Å². The molecule has 1 saturated heterocycles. The molecule has 28 heavy (non-hydrogen) atoms. The molecule has 2 aromatic carbocycles. The number of amides is 1. The van der Waals surface area contributed by atoms with Crippen LogP contribution in [0.15, 0.2) is 42.5 Å². The zero-order valence-electron chi connectivity index (χ0n) is 15.2. The number of anilines is 1. The van der Waals surface area contributed by atoms with Crippen LogP contribution < -0.4 is 37.7 Å². The van der Waals surface area contributed by atoms with E-state index in [-0.39, 0.29) is 24.0 Å². The molecule has 1 fully saturated rings. The van der Waals surface area contributed by atoms with Gasteiger partial charge in [0.05, 0.1) is 6.17 Å². The smallest absolute Gasteiger partial charge is 0.255 e. The summed E-state index contributed by atoms with van der Waals surface area (Å²) >= 11 is 0. The molecule has 2 aromatic rings. The van der Waals surface area contributed by atoms with Crippen LogP contribution in [0.5, 0.6) is 5.75 Å². The Kier molecular flexibility index (Phi) is 5.22. The van der Waals surface area contributed by atoms with E-state index in [2.05, 4.69) is 27.2 Å². The second-order valence-corrected chi connectivity index (χ2v) is 6.87. The average molecular weight is 381 g/mol. The summed E-state index contributed by atoms with van der Waals surface area (Å²) in [5, 5.41) is 10.3. The minimum Gasteiger partial charge on any atom is -0.490 e. The SMILES string of the molecule is N=C(N)c1ccc(C(=O)Nc2ccc3c(c2)CCC(CC2NNNN2)O3)cc1. The number of nitrogens with one attached hydrogen (secondary N) is 6. The molecule has 4 rings (SSSR count). The molecular formula is C19H23N7O2. The molecule has 146 valence electrons. The number of nitrogens with two attached hydrogens (primary N) is 1. The van der Waals surface area contributed by atoms with Crippen LogP contribution in [0.4, 0.5) is 5.69 Å². The van der Waals surface area contributed by atoms with Crippen LogP contribution in [-0.2, 0) is 6.42 Å². The lowest BCUT2D eigenvalue weighted by molar-refractivity contribution is 0.102. The maximum Gasteiger partial charge on any atom is 0.255 e. The molecule has 0 bridgehead atoms. The summed E-state index contributed by atoms with van der Waals surface area (Å²) in [6.45, 7) is 0. The number of amidine groups is 1. The first-order chi connectivity index (χ1) is 13.6. The van der Waals surface area contributed by atoms with E-state index in [9.17, 15) is 4.79 Å². The second-order valence-electron chi connectivity index (χ2n) is 6.87. The van der Waals surface area contributed by atoms with E-state index in [1.54, 1.807) is 24.3 Å². The third-order valence-electron chi connectivity index (χ3n) is 4.86. The average Bonchev–Trinajstić information content (AvgIpc) is 3.21. The Morgan fingerprint density at radius 2 is 1.86 bits per heavy atom. The predicted molar refractivity (Wildman–Crippen MR) is 106 cm³/mol. The lowest BCUT2D eigenvalue weighted by Gasteiger charge is -2.28. The largest absolute Gasteiger partial charge is 0.490 e. The Bertz CT molecular complexity index is 878. The Labute approximate surface area is 162 Å². The van der Waals surface area contributed by atoms with E-state index in [4.69, 9.17) is 15.9 Å². The van der Waals surface area contributed by atoms with Crippen molar-refractivity contribution in [2.45, 2.75) is 31.5 Å². The van der Waals surface area contributed by atoms with Crippen molar-refractivity contribution in [1.82, 2.24) is 21.9 Å². The molecule has 9 heteroatoms. The fraction of sp³-hybridized carbons (Fsp3) is 0.263. The normalized spacial score (nSPS) is 18.9. The highest BCUT2D eigenvalue weighted by Crippen LogP contribution is 2.31. The summed E-state index contributed by atoms with van der Waals surface area (Å²) in [6, 6.07) is 12.4. The van der Waals surface area contributed by atoms with Crippen molar-refractivity contribution in [3.05, 3.63) is 59.2 Å². The maximum absolute atomic E-state index is 12.5. The summed E-state index contributed by atoms with van der Waals surface area (Å²) in [7, 11) is 0. The van der Waals surface area contributed by atoms with Crippen LogP contribution in [0.25, 0.3) is 0 Å². The van der Waals surface area contributed by atoms with Gasteiger partial charge in [0.2, 0.25) is 0 Å². The Hall–Kier alpha value is -2.98. The van der Waals surface area contributed by atoms with Crippen molar-refractivity contribution in [2.75, 3.05) is 5.32 Å². The molecule has 8 N–H and O–H groups in total. The number of rotatable bonds is 5. The van der Waals surface area contributed by atoms with Gasteiger partial charge in [0.25, 0.3) is 5.91 Å². The number of aryl methyl sites for hydroxylation is 1. The Balaban J connectivity index is 1.39. The van der Waals surface area contributed by atoms with E-state index >= 15 is 0 Å². The zero-order chi connectivity index (χ0) is 19.5. The second kappa shape index (κ2) is 7.95. The van der Waals surface area contributed by atoms with Gasteiger partial charge in [-0.15, -0.1) is 0 Å². The van der Waals surface area contributed by atoms with Crippen LogP contribution in [0.3, 0.4) is 0 Å². The van der Waals surface area contributed by atoms with E-state index in [0.717, 1.165) is 36.3 Å². The molecule has 1 atom stereocenters. The lowest BCUT2D eigenvalue weighted by Crippen LogP contribution is -2.39. The number of fused-ring (bicyclic) bond motifs is 1. The van der Waals surface area contributed by atoms with Crippen molar-refractivity contribution in [3.63, 3.8) is 0 Å². The fourth-order valence-corrected chi connectivity index (χ4v) is 3.36. The first-order valence-corrected chi connectivity index (χ1v) is 9.15. The number of carbonyl (C=O) groups excluding carboxylic acids is 1. The third kappa shape index (κ3) is 4.12. The molecule has 1 unspecified atom stereocenters. The van der Waals surface area contributed by atoms with Gasteiger partial charge in [-0.05, 0) is 48.7 Å². The van der Waals surface area contributed by atoms with Gasteiger partial charge in [-0.1, -0.05) is 12.1 Å². The molecule has 0 saturated carbocycles. The summed E-state index contributed by atoms with van der Waals surface area (Å²) in [5.74, 6) is 0.633. The van der Waals surface area contributed by atoms with Gasteiger partial charge in [-0.25, -0.2) is 10.9 Å². The number of benzene rings is 2. The van der Waals surface area contributed by atoms with Crippen LogP contribution in [0.2, 0.25) is 0 Å². The van der Waals surface area contributed by atoms with E-state index in [0.29, 0.717) is 11.1 Å². The number of hydrogen-bond donors (Lipinski definition) is 7. The van der Waals surface area contributed by atoms with Crippen LogP contribution in [0, 0.1) is 5.41 Å². The summed E-state index contributed by atoms with van der Waals surface area (Å²) in [5.41, 5.74) is 20.1. The highest BCUT2D eigenvalue weighted by Gasteiger charge is 2.25. The van der Waals surface area contributed by atoms with Gasteiger partial charge in [0.1, 0.15) is 17.7 Å². The fourth-order valence-electron chi connectivity index (χ4n) is 3.36. The Morgan fingerprint density at radius 1 is 1.14 bits per heavy atom. The molecule has 2 heterocycles. The first-order valence-electron chi connectivity index (χ1n) is 9.15. The van der Waals surface area contributed by atoms with E-state index < -0.39 is 0 Å². The molecular weight excluding hydrogens is 358 g/mol. The van der Waals surface area contributed by atoms with Gasteiger partial charge >= 0.3 is 0 Å².